The Morgan fingerprint density at radius 2 is 1.85 bits per heavy atom. The summed E-state index contributed by atoms with van der Waals surface area (Å²) in [4.78, 5) is 12.4. The standard InChI is InChI=1S/C23H20F4N4OS.CH4/c1-13(15-4-5-19(29-10-15)23(25,26)27)6-7-28-22-31-18(12-32)21(33-22)14-2-3-16-11-30-20(24)9-17(16)8-14;/h2-5,8-11,13,32H,6-7,12H2,1H3,(H,28,31);1H4/t13-;/m1./s1. The molecule has 180 valence electrons. The Bertz CT molecular complexity index is 1260. The van der Waals surface area contributed by atoms with Gasteiger partial charge in [0.25, 0.3) is 0 Å². The highest BCUT2D eigenvalue weighted by molar-refractivity contribution is 7.19. The molecule has 3 aromatic heterocycles. The third-order valence-electron chi connectivity index (χ3n) is 5.30. The molecule has 34 heavy (non-hydrogen) atoms. The van der Waals surface area contributed by atoms with Crippen molar-refractivity contribution < 1.29 is 22.7 Å². The lowest BCUT2D eigenvalue weighted by Gasteiger charge is -2.13. The molecule has 3 heterocycles. The van der Waals surface area contributed by atoms with Gasteiger partial charge in [0.05, 0.1) is 17.2 Å². The number of nitrogens with one attached hydrogen (secondary N) is 1. The predicted octanol–water partition coefficient (Wildman–Crippen LogP) is 6.65. The van der Waals surface area contributed by atoms with E-state index in [1.165, 1.54) is 35.9 Å². The smallest absolute Gasteiger partial charge is 0.390 e. The molecule has 0 fully saturated rings. The number of alkyl halides is 3. The Labute approximate surface area is 198 Å². The number of nitrogens with zero attached hydrogens (tertiary/aromatic N) is 3. The molecule has 10 heteroatoms. The van der Waals surface area contributed by atoms with E-state index in [1.54, 1.807) is 0 Å². The van der Waals surface area contributed by atoms with E-state index in [9.17, 15) is 22.7 Å². The van der Waals surface area contributed by atoms with Gasteiger partial charge in [-0.05, 0) is 41.0 Å². The van der Waals surface area contributed by atoms with Crippen molar-refractivity contribution in [1.82, 2.24) is 15.0 Å². The average Bonchev–Trinajstić information content (AvgIpc) is 3.21. The van der Waals surface area contributed by atoms with Crippen molar-refractivity contribution in [2.24, 2.45) is 0 Å². The number of benzene rings is 1. The zero-order valence-corrected chi connectivity index (χ0v) is 18.3. The number of halogens is 4. The lowest BCUT2D eigenvalue weighted by atomic mass is 9.99. The second-order valence-electron chi connectivity index (χ2n) is 7.61. The molecule has 2 N–H and O–H groups in total. The number of aliphatic hydroxyl groups excluding tert-OH is 1. The first kappa shape index (κ1) is 25.5. The van der Waals surface area contributed by atoms with Gasteiger partial charge in [-0.3, -0.25) is 4.98 Å². The molecule has 0 radical (unpaired) electrons. The fourth-order valence-corrected chi connectivity index (χ4v) is 4.44. The van der Waals surface area contributed by atoms with Crippen LogP contribution in [0.1, 0.15) is 43.6 Å². The minimum atomic E-state index is -4.45. The van der Waals surface area contributed by atoms with Gasteiger partial charge >= 0.3 is 6.18 Å². The van der Waals surface area contributed by atoms with Gasteiger partial charge in [-0.25, -0.2) is 9.97 Å². The van der Waals surface area contributed by atoms with Crippen LogP contribution in [0, 0.1) is 5.95 Å². The van der Waals surface area contributed by atoms with E-state index in [4.69, 9.17) is 0 Å². The Morgan fingerprint density at radius 3 is 2.53 bits per heavy atom. The maximum atomic E-state index is 13.5. The Hall–Kier alpha value is -3.11. The highest BCUT2D eigenvalue weighted by Crippen LogP contribution is 2.35. The van der Waals surface area contributed by atoms with Crippen molar-refractivity contribution in [2.45, 2.75) is 39.5 Å². The molecule has 0 amide bonds. The normalized spacial score (nSPS) is 12.4. The van der Waals surface area contributed by atoms with Gasteiger partial charge in [-0.2, -0.15) is 17.6 Å². The summed E-state index contributed by atoms with van der Waals surface area (Å²) in [5, 5.41) is 15.1. The van der Waals surface area contributed by atoms with Gasteiger partial charge < -0.3 is 10.4 Å². The summed E-state index contributed by atoms with van der Waals surface area (Å²) in [6.07, 6.45) is -1.07. The summed E-state index contributed by atoms with van der Waals surface area (Å²) >= 11 is 1.37. The Morgan fingerprint density at radius 1 is 1.06 bits per heavy atom. The van der Waals surface area contributed by atoms with Crippen LogP contribution < -0.4 is 5.32 Å². The lowest BCUT2D eigenvalue weighted by molar-refractivity contribution is -0.141. The summed E-state index contributed by atoms with van der Waals surface area (Å²) in [5.41, 5.74) is 1.14. The van der Waals surface area contributed by atoms with Crippen molar-refractivity contribution in [2.75, 3.05) is 11.9 Å². The first-order valence-electron chi connectivity index (χ1n) is 10.2. The molecule has 1 aromatic carbocycles. The lowest BCUT2D eigenvalue weighted by Crippen LogP contribution is -2.09. The molecule has 0 aliphatic rings. The van der Waals surface area contributed by atoms with Gasteiger partial charge in [-0.1, -0.05) is 43.9 Å². The fraction of sp³-hybridized carbons (Fsp3) is 0.292. The van der Waals surface area contributed by atoms with Crippen LogP contribution in [-0.2, 0) is 12.8 Å². The number of rotatable bonds is 7. The zero-order chi connectivity index (χ0) is 23.6. The number of anilines is 1. The third kappa shape index (κ3) is 5.68. The Kier molecular flexibility index (Phi) is 7.83. The summed E-state index contributed by atoms with van der Waals surface area (Å²) in [7, 11) is 0. The second-order valence-corrected chi connectivity index (χ2v) is 8.61. The number of hydrogen-bond donors (Lipinski definition) is 2. The van der Waals surface area contributed by atoms with Gasteiger partial charge in [0.2, 0.25) is 5.95 Å². The molecule has 0 aliphatic heterocycles. The number of fused-ring (bicyclic) bond motifs is 1. The van der Waals surface area contributed by atoms with E-state index < -0.39 is 17.8 Å². The van der Waals surface area contributed by atoms with Crippen LogP contribution in [0.3, 0.4) is 0 Å². The number of hydrogen-bond acceptors (Lipinski definition) is 6. The van der Waals surface area contributed by atoms with Crippen molar-refractivity contribution in [3.8, 4) is 10.4 Å². The first-order chi connectivity index (χ1) is 15.7. The van der Waals surface area contributed by atoms with Crippen molar-refractivity contribution in [3.05, 3.63) is 71.7 Å². The molecular weight excluding hydrogens is 468 g/mol. The molecule has 5 nitrogen and oxygen atoms in total. The van der Waals surface area contributed by atoms with Crippen LogP contribution in [0.5, 0.6) is 0 Å². The maximum Gasteiger partial charge on any atom is 0.433 e. The SMILES string of the molecule is C.C[C@H](CCNc1nc(CO)c(-c2ccc3cnc(F)cc3c2)s1)c1ccc(C(F)(F)F)nc1. The van der Waals surface area contributed by atoms with Gasteiger partial charge in [0.15, 0.2) is 5.13 Å². The summed E-state index contributed by atoms with van der Waals surface area (Å²) < 4.78 is 51.5. The Balaban J connectivity index is 0.00000324. The number of pyridine rings is 2. The summed E-state index contributed by atoms with van der Waals surface area (Å²) in [6, 6.07) is 9.34. The fourth-order valence-electron chi connectivity index (χ4n) is 3.44. The molecule has 4 rings (SSSR count). The highest BCUT2D eigenvalue weighted by Gasteiger charge is 2.32. The second kappa shape index (κ2) is 10.4. The van der Waals surface area contributed by atoms with Crippen LogP contribution in [-0.4, -0.2) is 26.6 Å². The number of aromatic nitrogens is 3. The highest BCUT2D eigenvalue weighted by atomic mass is 32.1. The van der Waals surface area contributed by atoms with E-state index in [2.05, 4.69) is 20.3 Å². The van der Waals surface area contributed by atoms with Gasteiger partial charge in [-0.15, -0.1) is 0 Å². The van der Waals surface area contributed by atoms with Gasteiger partial charge in [0, 0.05) is 30.4 Å². The summed E-state index contributed by atoms with van der Waals surface area (Å²) in [6.45, 7) is 2.21. The van der Waals surface area contributed by atoms with Crippen molar-refractivity contribution in [3.63, 3.8) is 0 Å². The molecule has 1 atom stereocenters. The third-order valence-corrected chi connectivity index (χ3v) is 6.40. The number of thiazole rings is 1. The molecule has 0 aliphatic carbocycles. The molecule has 0 bridgehead atoms. The molecule has 4 aromatic rings. The minimum Gasteiger partial charge on any atom is -0.390 e. The summed E-state index contributed by atoms with van der Waals surface area (Å²) in [5.74, 6) is -0.570. The van der Waals surface area contributed by atoms with E-state index in [0.717, 1.165) is 27.5 Å². The van der Waals surface area contributed by atoms with Crippen molar-refractivity contribution >= 4 is 27.2 Å². The quantitative estimate of drug-likeness (QED) is 0.223. The van der Waals surface area contributed by atoms with Crippen LogP contribution in [0.2, 0.25) is 0 Å². The van der Waals surface area contributed by atoms with Crippen LogP contribution in [0.4, 0.5) is 22.7 Å². The minimum absolute atomic E-state index is 0. The first-order valence-corrected chi connectivity index (χ1v) is 11.0. The van der Waals surface area contributed by atoms with E-state index >= 15 is 0 Å². The maximum absolute atomic E-state index is 13.5. The van der Waals surface area contributed by atoms with Crippen molar-refractivity contribution in [1.29, 1.82) is 0 Å². The van der Waals surface area contributed by atoms with Crippen LogP contribution in [0.25, 0.3) is 21.2 Å². The predicted molar refractivity (Wildman–Crippen MR) is 126 cm³/mol. The molecule has 0 unspecified atom stereocenters. The van der Waals surface area contributed by atoms with E-state index in [1.807, 2.05) is 25.1 Å². The zero-order valence-electron chi connectivity index (χ0n) is 17.5. The molecule has 0 saturated heterocycles. The topological polar surface area (TPSA) is 70.9 Å². The molecule has 0 spiro atoms. The van der Waals surface area contributed by atoms with Crippen LogP contribution >= 0.6 is 11.3 Å². The monoisotopic (exact) mass is 492 g/mol. The molecule has 0 saturated carbocycles. The number of aliphatic hydroxyl groups is 1. The van der Waals surface area contributed by atoms with Gasteiger partial charge in [0.1, 0.15) is 5.69 Å². The average molecular weight is 493 g/mol. The van der Waals surface area contributed by atoms with Crippen LogP contribution in [0.15, 0.2) is 48.8 Å². The van der Waals surface area contributed by atoms with E-state index in [0.29, 0.717) is 29.2 Å². The molecular formula is C24H24F4N4OS. The van der Waals surface area contributed by atoms with E-state index in [-0.39, 0.29) is 20.0 Å². The largest absolute Gasteiger partial charge is 0.433 e.